The topological polar surface area (TPSA) is 52.6 Å². The lowest BCUT2D eigenvalue weighted by Crippen LogP contribution is -2.45. The molecule has 0 amide bonds. The molecule has 0 radical (unpaired) electrons. The van der Waals surface area contributed by atoms with Gasteiger partial charge in [0, 0.05) is 18.3 Å². The van der Waals surface area contributed by atoms with Crippen molar-refractivity contribution >= 4 is 11.9 Å². The average Bonchev–Trinajstić information content (AvgIpc) is 3.55. The minimum absolute atomic E-state index is 0.0411. The van der Waals surface area contributed by atoms with E-state index in [1.54, 1.807) is 0 Å². The Hall–Kier alpha value is -1.84. The summed E-state index contributed by atoms with van der Waals surface area (Å²) in [6.07, 6.45) is 48.0. The number of hydrogen-bond donors (Lipinski definition) is 0. The molecule has 2 saturated carbocycles. The second-order valence-electron chi connectivity index (χ2n) is 19.8. The molecule has 3 aliphatic carbocycles. The summed E-state index contributed by atoms with van der Waals surface area (Å²) in [5.74, 6) is 2.54. The van der Waals surface area contributed by atoms with Crippen LogP contribution in [0.1, 0.15) is 275 Å². The Morgan fingerprint density at radius 2 is 1.00 bits per heavy atom. The molecule has 0 unspecified atom stereocenters. The van der Waals surface area contributed by atoms with Crippen LogP contribution >= 0.6 is 0 Å². The molecule has 3 aliphatic rings. The van der Waals surface area contributed by atoms with Crippen molar-refractivity contribution < 1.29 is 19.1 Å². The van der Waals surface area contributed by atoms with E-state index in [1.807, 2.05) is 0 Å². The van der Waals surface area contributed by atoms with E-state index in [4.69, 9.17) is 9.47 Å². The quantitative estimate of drug-likeness (QED) is 0.0395. The van der Waals surface area contributed by atoms with Crippen molar-refractivity contribution in [2.24, 2.45) is 17.3 Å². The molecule has 332 valence electrons. The normalized spacial score (nSPS) is 22.3. The lowest BCUT2D eigenvalue weighted by Gasteiger charge is -2.50. The summed E-state index contributed by atoms with van der Waals surface area (Å²) in [7, 11) is 0. The second-order valence-corrected chi connectivity index (χ2v) is 19.8. The Kier molecular flexibility index (Phi) is 24.8. The van der Waals surface area contributed by atoms with Crippen LogP contribution in [0.15, 0.2) is 18.2 Å². The van der Waals surface area contributed by atoms with Gasteiger partial charge in [-0.25, -0.2) is 0 Å². The molecule has 4 nitrogen and oxygen atoms in total. The lowest BCUT2D eigenvalue weighted by molar-refractivity contribution is -0.157. The number of benzene rings is 1. The van der Waals surface area contributed by atoms with Gasteiger partial charge in [-0.1, -0.05) is 207 Å². The number of esters is 2. The van der Waals surface area contributed by atoms with Crippen LogP contribution < -0.4 is 4.74 Å². The largest absolute Gasteiger partial charge is 0.462 e. The molecule has 58 heavy (non-hydrogen) atoms. The van der Waals surface area contributed by atoms with Crippen LogP contribution in [-0.4, -0.2) is 18.0 Å². The van der Waals surface area contributed by atoms with Gasteiger partial charge in [-0.2, -0.15) is 0 Å². The van der Waals surface area contributed by atoms with Crippen LogP contribution in [-0.2, 0) is 20.7 Å². The number of aryl methyl sites for hydroxylation is 1. The Morgan fingerprint density at radius 1 is 0.552 bits per heavy atom. The number of carbonyl (C=O) groups is 2. The van der Waals surface area contributed by atoms with Crippen molar-refractivity contribution in [3.05, 3.63) is 29.3 Å². The van der Waals surface area contributed by atoms with Crippen molar-refractivity contribution in [1.82, 2.24) is 0 Å². The van der Waals surface area contributed by atoms with E-state index in [9.17, 15) is 9.59 Å². The van der Waals surface area contributed by atoms with Crippen molar-refractivity contribution in [2.45, 2.75) is 277 Å². The van der Waals surface area contributed by atoms with Crippen molar-refractivity contribution in [3.8, 4) is 5.75 Å². The van der Waals surface area contributed by atoms with Crippen LogP contribution in [0.2, 0.25) is 0 Å². The number of hydrogen-bond acceptors (Lipinski definition) is 4. The third kappa shape index (κ3) is 17.6. The molecular weight excluding hydrogens is 713 g/mol. The summed E-state index contributed by atoms with van der Waals surface area (Å²) in [6, 6.07) is 6.49. The molecule has 0 spiro atoms. The van der Waals surface area contributed by atoms with E-state index in [0.29, 0.717) is 30.6 Å². The number of carbonyl (C=O) groups excluding carboxylic acids is 2. The molecule has 0 bridgehead atoms. The van der Waals surface area contributed by atoms with Gasteiger partial charge < -0.3 is 9.47 Å². The predicted octanol–water partition coefficient (Wildman–Crippen LogP) is 16.9. The fourth-order valence-corrected chi connectivity index (χ4v) is 11.4. The van der Waals surface area contributed by atoms with Gasteiger partial charge in [0.2, 0.25) is 0 Å². The van der Waals surface area contributed by atoms with Gasteiger partial charge in [0.15, 0.2) is 0 Å². The monoisotopic (exact) mass is 805 g/mol. The van der Waals surface area contributed by atoms with E-state index in [0.717, 1.165) is 57.1 Å². The van der Waals surface area contributed by atoms with Crippen LogP contribution in [0, 0.1) is 17.3 Å². The maximum Gasteiger partial charge on any atom is 0.311 e. The van der Waals surface area contributed by atoms with E-state index < -0.39 is 0 Å². The number of ether oxygens (including phenoxy) is 2. The van der Waals surface area contributed by atoms with Gasteiger partial charge in [0.25, 0.3) is 0 Å². The molecule has 0 aliphatic heterocycles. The first-order valence-corrected chi connectivity index (χ1v) is 26.0. The SMILES string of the molecule is CCCCCCCCCCCCCCCCCC(=O)Oc1ccc2c(c1)CC[C@@H]1[C@@H]2CC[C@]2(C)[C@@H](OC(=O)CCCCCCCCCCCCCCCCC)CC[C@@H]12. The minimum atomic E-state index is -0.0807. The molecular formula is C54H92O4. The molecule has 1 aromatic rings. The van der Waals surface area contributed by atoms with Gasteiger partial charge in [-0.05, 0) is 92.4 Å². The summed E-state index contributed by atoms with van der Waals surface area (Å²) >= 11 is 0. The molecule has 2 fully saturated rings. The Bertz CT molecular complexity index is 1240. The third-order valence-corrected chi connectivity index (χ3v) is 15.1. The summed E-state index contributed by atoms with van der Waals surface area (Å²) < 4.78 is 12.2. The number of rotatable bonds is 34. The lowest BCUT2D eigenvalue weighted by atomic mass is 9.55. The zero-order chi connectivity index (χ0) is 41.1. The number of fused-ring (bicyclic) bond motifs is 5. The zero-order valence-corrected chi connectivity index (χ0v) is 38.5. The van der Waals surface area contributed by atoms with Gasteiger partial charge in [0.05, 0.1) is 0 Å². The smallest absolute Gasteiger partial charge is 0.311 e. The fraction of sp³-hybridized carbons (Fsp3) is 0.852. The summed E-state index contributed by atoms with van der Waals surface area (Å²) in [4.78, 5) is 25.8. The van der Waals surface area contributed by atoms with Gasteiger partial charge >= 0.3 is 11.9 Å². The standard InChI is InChI=1S/C54H92O4/c1-4-6-8-10-12-14-16-18-20-22-24-26-28-30-32-34-52(55)57-46-37-39-47-45(44-46)36-38-49-48(47)42-43-54(3)50(49)40-41-51(54)58-53(56)35-33-31-29-27-25-23-21-19-17-15-13-11-9-7-5-2/h37,39,44,48-51H,4-36,38,40-43H2,1-3H3/t48-,49-,50+,51+,54+/m1/s1. The van der Waals surface area contributed by atoms with Gasteiger partial charge in [-0.3, -0.25) is 9.59 Å². The van der Waals surface area contributed by atoms with Gasteiger partial charge in [-0.15, -0.1) is 0 Å². The van der Waals surface area contributed by atoms with Crippen LogP contribution in [0.3, 0.4) is 0 Å². The Labute approximate surface area is 358 Å². The molecule has 0 N–H and O–H groups in total. The summed E-state index contributed by atoms with van der Waals surface area (Å²) in [5, 5.41) is 0. The summed E-state index contributed by atoms with van der Waals surface area (Å²) in [5.41, 5.74) is 2.96. The van der Waals surface area contributed by atoms with Crippen molar-refractivity contribution in [1.29, 1.82) is 0 Å². The first kappa shape index (κ1) is 48.8. The number of unbranched alkanes of at least 4 members (excludes halogenated alkanes) is 28. The van der Waals surface area contributed by atoms with E-state index in [2.05, 4.69) is 39.0 Å². The van der Waals surface area contributed by atoms with Gasteiger partial charge in [0.1, 0.15) is 11.9 Å². The Morgan fingerprint density at radius 3 is 1.48 bits per heavy atom. The molecule has 0 saturated heterocycles. The van der Waals surface area contributed by atoms with E-state index >= 15 is 0 Å². The molecule has 1 aromatic carbocycles. The highest BCUT2D eigenvalue weighted by molar-refractivity contribution is 5.72. The van der Waals surface area contributed by atoms with Crippen LogP contribution in [0.25, 0.3) is 0 Å². The van der Waals surface area contributed by atoms with Crippen molar-refractivity contribution in [2.75, 3.05) is 0 Å². The van der Waals surface area contributed by atoms with Crippen LogP contribution in [0.5, 0.6) is 5.75 Å². The molecule has 5 atom stereocenters. The predicted molar refractivity (Wildman–Crippen MR) is 246 cm³/mol. The third-order valence-electron chi connectivity index (χ3n) is 15.1. The highest BCUT2D eigenvalue weighted by Gasteiger charge is 2.56. The average molecular weight is 805 g/mol. The fourth-order valence-electron chi connectivity index (χ4n) is 11.4. The van der Waals surface area contributed by atoms with E-state index in [-0.39, 0.29) is 23.5 Å². The molecule has 4 rings (SSSR count). The minimum Gasteiger partial charge on any atom is -0.462 e. The molecule has 0 aromatic heterocycles. The van der Waals surface area contributed by atoms with E-state index in [1.165, 1.54) is 191 Å². The van der Waals surface area contributed by atoms with Crippen LogP contribution in [0.4, 0.5) is 0 Å². The summed E-state index contributed by atoms with van der Waals surface area (Å²) in [6.45, 7) is 7.01. The second kappa shape index (κ2) is 29.4. The van der Waals surface area contributed by atoms with Crippen molar-refractivity contribution in [3.63, 3.8) is 0 Å². The Balaban J connectivity index is 1.03. The molecule has 0 heterocycles. The maximum absolute atomic E-state index is 13.0. The first-order valence-electron chi connectivity index (χ1n) is 26.0. The molecule has 4 heteroatoms. The maximum atomic E-state index is 13.0. The first-order chi connectivity index (χ1) is 28.5. The highest BCUT2D eigenvalue weighted by atomic mass is 16.5. The zero-order valence-electron chi connectivity index (χ0n) is 38.5. The highest BCUT2D eigenvalue weighted by Crippen LogP contribution is 2.61.